The molecule has 2 aliphatic heterocycles. The van der Waals surface area contributed by atoms with Gasteiger partial charge in [0.1, 0.15) is 4.87 Å². The van der Waals surface area contributed by atoms with Gasteiger partial charge in [0.15, 0.2) is 16.7 Å². The molecule has 170 valence electrons. The summed E-state index contributed by atoms with van der Waals surface area (Å²) in [5.74, 6) is 0.733. The zero-order valence-corrected chi connectivity index (χ0v) is 20.1. The molecule has 0 bridgehead atoms. The highest BCUT2D eigenvalue weighted by Crippen LogP contribution is 2.46. The van der Waals surface area contributed by atoms with Crippen molar-refractivity contribution in [3.8, 4) is 11.5 Å². The van der Waals surface area contributed by atoms with Gasteiger partial charge in [0, 0.05) is 6.92 Å². The third kappa shape index (κ3) is 4.62. The molecular formula is C23H22N4O4S2. The molecule has 0 spiro atoms. The van der Waals surface area contributed by atoms with Gasteiger partial charge in [0.05, 0.1) is 19.1 Å². The van der Waals surface area contributed by atoms with E-state index in [2.05, 4.69) is 15.4 Å². The quantitative estimate of drug-likeness (QED) is 0.662. The van der Waals surface area contributed by atoms with Gasteiger partial charge in [-0.25, -0.2) is 5.01 Å². The SMILES string of the molecule is COc1ccc(/C=C2\S/C(=N/C3=NN(C(C)=O)C(C)(c4ccccc4)S3)NC2=O)cc1OC. The summed E-state index contributed by atoms with van der Waals surface area (Å²) in [6.45, 7) is 3.39. The molecule has 2 aliphatic rings. The number of rotatable bonds is 4. The lowest BCUT2D eigenvalue weighted by molar-refractivity contribution is -0.131. The van der Waals surface area contributed by atoms with Crippen molar-refractivity contribution in [2.45, 2.75) is 18.7 Å². The summed E-state index contributed by atoms with van der Waals surface area (Å²) in [5.41, 5.74) is 1.72. The number of carbonyl (C=O) groups is 2. The van der Waals surface area contributed by atoms with Crippen molar-refractivity contribution in [1.29, 1.82) is 0 Å². The Morgan fingerprint density at radius 1 is 1.15 bits per heavy atom. The first-order valence-corrected chi connectivity index (χ1v) is 11.6. The number of methoxy groups -OCH3 is 2. The van der Waals surface area contributed by atoms with E-state index >= 15 is 0 Å². The Bertz CT molecular complexity index is 1200. The van der Waals surface area contributed by atoms with E-state index in [0.29, 0.717) is 26.7 Å². The first kappa shape index (κ1) is 22.9. The maximum atomic E-state index is 12.5. The fourth-order valence-corrected chi connectivity index (χ4v) is 5.43. The van der Waals surface area contributed by atoms with Crippen LogP contribution in [-0.4, -0.2) is 41.4 Å². The molecule has 0 aromatic heterocycles. The van der Waals surface area contributed by atoms with Crippen molar-refractivity contribution < 1.29 is 19.1 Å². The zero-order valence-electron chi connectivity index (χ0n) is 18.5. The molecule has 0 radical (unpaired) electrons. The first-order valence-electron chi connectivity index (χ1n) is 9.99. The van der Waals surface area contributed by atoms with Crippen LogP contribution in [0.1, 0.15) is 25.0 Å². The van der Waals surface area contributed by atoms with Gasteiger partial charge in [0.2, 0.25) is 11.1 Å². The molecule has 4 rings (SSSR count). The third-order valence-electron chi connectivity index (χ3n) is 5.04. The van der Waals surface area contributed by atoms with Crippen molar-refractivity contribution in [2.75, 3.05) is 14.2 Å². The second kappa shape index (κ2) is 9.32. The number of hydrogen-bond acceptors (Lipinski definition) is 8. The van der Waals surface area contributed by atoms with Crippen LogP contribution < -0.4 is 14.8 Å². The number of hydrazone groups is 1. The van der Waals surface area contributed by atoms with Gasteiger partial charge in [-0.15, -0.1) is 5.10 Å². The van der Waals surface area contributed by atoms with E-state index in [4.69, 9.17) is 9.47 Å². The van der Waals surface area contributed by atoms with Crippen molar-refractivity contribution >= 4 is 51.7 Å². The molecule has 1 unspecified atom stereocenters. The van der Waals surface area contributed by atoms with Crippen LogP contribution in [0, 0.1) is 0 Å². The summed E-state index contributed by atoms with van der Waals surface area (Å²) in [5, 5.41) is 9.41. The van der Waals surface area contributed by atoms with Crippen LogP contribution in [0.3, 0.4) is 0 Å². The van der Waals surface area contributed by atoms with E-state index in [1.54, 1.807) is 32.4 Å². The van der Waals surface area contributed by atoms with Gasteiger partial charge >= 0.3 is 0 Å². The highest BCUT2D eigenvalue weighted by Gasteiger charge is 2.44. The highest BCUT2D eigenvalue weighted by atomic mass is 32.2. The summed E-state index contributed by atoms with van der Waals surface area (Å²) in [7, 11) is 3.13. The lowest BCUT2D eigenvalue weighted by atomic mass is 10.1. The minimum Gasteiger partial charge on any atom is -0.493 e. The fraction of sp³-hybridized carbons (Fsp3) is 0.217. The Hall–Kier alpha value is -3.24. The van der Waals surface area contributed by atoms with Crippen molar-refractivity contribution in [2.24, 2.45) is 10.1 Å². The molecular weight excluding hydrogens is 460 g/mol. The Morgan fingerprint density at radius 2 is 1.88 bits per heavy atom. The van der Waals surface area contributed by atoms with Crippen LogP contribution in [0.4, 0.5) is 0 Å². The summed E-state index contributed by atoms with van der Waals surface area (Å²) >= 11 is 2.57. The average Bonchev–Trinajstić information content (AvgIpc) is 3.33. The van der Waals surface area contributed by atoms with Gasteiger partial charge in [-0.05, 0) is 59.8 Å². The number of nitrogens with zero attached hydrogens (tertiary/aromatic N) is 3. The number of aliphatic imine (C=N–C) groups is 1. The molecule has 2 aromatic carbocycles. The fourth-order valence-electron chi connectivity index (χ4n) is 3.43. The molecule has 8 nitrogen and oxygen atoms in total. The van der Waals surface area contributed by atoms with Crippen LogP contribution in [0.5, 0.6) is 11.5 Å². The maximum absolute atomic E-state index is 12.5. The molecule has 1 fully saturated rings. The van der Waals surface area contributed by atoms with Crippen LogP contribution in [-0.2, 0) is 14.5 Å². The minimum atomic E-state index is -0.724. The number of ether oxygens (including phenoxy) is 2. The maximum Gasteiger partial charge on any atom is 0.264 e. The monoisotopic (exact) mass is 482 g/mol. The van der Waals surface area contributed by atoms with Crippen molar-refractivity contribution in [3.63, 3.8) is 0 Å². The van der Waals surface area contributed by atoms with Crippen LogP contribution >= 0.6 is 23.5 Å². The number of amidine groups is 2. The van der Waals surface area contributed by atoms with Gasteiger partial charge in [0.25, 0.3) is 5.91 Å². The summed E-state index contributed by atoms with van der Waals surface area (Å²) < 4.78 is 10.6. The molecule has 0 aliphatic carbocycles. The number of nitrogens with one attached hydrogen (secondary N) is 1. The molecule has 10 heteroatoms. The van der Waals surface area contributed by atoms with Gasteiger partial charge in [-0.2, -0.15) is 4.99 Å². The zero-order chi connectivity index (χ0) is 23.6. The molecule has 33 heavy (non-hydrogen) atoms. The molecule has 1 saturated heterocycles. The smallest absolute Gasteiger partial charge is 0.264 e. The molecule has 2 aromatic rings. The number of amides is 2. The summed E-state index contributed by atoms with van der Waals surface area (Å²) in [4.78, 5) is 29.1. The largest absolute Gasteiger partial charge is 0.493 e. The topological polar surface area (TPSA) is 92.6 Å². The lowest BCUT2D eigenvalue weighted by Crippen LogP contribution is -2.37. The normalized spacial score (nSPS) is 22.5. The number of hydrogen-bond donors (Lipinski definition) is 1. The molecule has 1 atom stereocenters. The predicted octanol–water partition coefficient (Wildman–Crippen LogP) is 4.00. The number of benzene rings is 2. The van der Waals surface area contributed by atoms with E-state index in [1.807, 2.05) is 43.3 Å². The predicted molar refractivity (Wildman–Crippen MR) is 132 cm³/mol. The minimum absolute atomic E-state index is 0.193. The van der Waals surface area contributed by atoms with Crippen LogP contribution in [0.15, 0.2) is 63.5 Å². The molecule has 1 N–H and O–H groups in total. The molecule has 0 saturated carbocycles. The average molecular weight is 483 g/mol. The Kier molecular flexibility index (Phi) is 6.48. The Balaban J connectivity index is 1.57. The van der Waals surface area contributed by atoms with Crippen molar-refractivity contribution in [3.05, 3.63) is 64.6 Å². The van der Waals surface area contributed by atoms with E-state index in [9.17, 15) is 9.59 Å². The number of thioether (sulfide) groups is 2. The highest BCUT2D eigenvalue weighted by molar-refractivity contribution is 8.19. The molecule has 2 amide bonds. The summed E-state index contributed by atoms with van der Waals surface area (Å²) in [6.07, 6.45) is 1.75. The third-order valence-corrected chi connectivity index (χ3v) is 7.11. The van der Waals surface area contributed by atoms with Crippen LogP contribution in [0.25, 0.3) is 6.08 Å². The van der Waals surface area contributed by atoms with Gasteiger partial charge in [-0.1, -0.05) is 36.4 Å². The second-order valence-corrected chi connectivity index (χ2v) is 9.66. The number of carbonyl (C=O) groups excluding carboxylic acids is 2. The van der Waals surface area contributed by atoms with Crippen LogP contribution in [0.2, 0.25) is 0 Å². The lowest BCUT2D eigenvalue weighted by Gasteiger charge is -2.30. The Labute approximate surface area is 200 Å². The summed E-state index contributed by atoms with van der Waals surface area (Å²) in [6, 6.07) is 15.1. The van der Waals surface area contributed by atoms with E-state index in [-0.39, 0.29) is 11.8 Å². The van der Waals surface area contributed by atoms with E-state index < -0.39 is 4.87 Å². The first-order chi connectivity index (χ1) is 15.8. The second-order valence-electron chi connectivity index (χ2n) is 7.26. The van der Waals surface area contributed by atoms with Crippen molar-refractivity contribution in [1.82, 2.24) is 10.3 Å². The molecule has 2 heterocycles. The van der Waals surface area contributed by atoms with Gasteiger partial charge in [-0.3, -0.25) is 9.59 Å². The standard InChI is InChI=1S/C23H22N4O4S2/c1-14(28)27-23(2,16-8-6-5-7-9-16)33-22(26-27)25-21-24-20(29)19(32-21)13-15-10-11-17(30-3)18(12-15)31-4/h5-13H,1-4H3,(H,24,25,26,29)/b19-13-. The Morgan fingerprint density at radius 3 is 2.55 bits per heavy atom. The van der Waals surface area contributed by atoms with E-state index in [1.165, 1.54) is 35.5 Å². The van der Waals surface area contributed by atoms with E-state index in [0.717, 1.165) is 11.1 Å². The van der Waals surface area contributed by atoms with Gasteiger partial charge < -0.3 is 14.8 Å².